The summed E-state index contributed by atoms with van der Waals surface area (Å²) in [5.41, 5.74) is 7.51. The van der Waals surface area contributed by atoms with E-state index in [1.54, 1.807) is 11.3 Å². The smallest absolute Gasteiger partial charge is 0.230 e. The molecule has 0 fully saturated rings. The van der Waals surface area contributed by atoms with Crippen LogP contribution in [-0.2, 0) is 28.1 Å². The highest BCUT2D eigenvalue weighted by atomic mass is 32.1. The van der Waals surface area contributed by atoms with Crippen LogP contribution < -0.4 is 11.1 Å². The summed E-state index contributed by atoms with van der Waals surface area (Å²) in [5.74, 6) is -0.501. The minimum absolute atomic E-state index is 0.0737. The van der Waals surface area contributed by atoms with Crippen molar-refractivity contribution in [2.75, 3.05) is 11.9 Å². The van der Waals surface area contributed by atoms with Crippen LogP contribution in [0.15, 0.2) is 0 Å². The molecule has 24 heavy (non-hydrogen) atoms. The quantitative estimate of drug-likeness (QED) is 0.759. The van der Waals surface area contributed by atoms with Gasteiger partial charge < -0.3 is 20.9 Å². The zero-order valence-electron chi connectivity index (χ0n) is 15.5. The van der Waals surface area contributed by atoms with Crippen molar-refractivity contribution in [1.82, 2.24) is 0 Å². The maximum absolute atomic E-state index is 12.5. The number of hydrogen-bond donors (Lipinski definition) is 3. The number of nitrogens with one attached hydrogen (secondary N) is 1. The standard InChI is InChI=1S/C18H30N2O3S/c1-10(2)13(9-21)15(22)20-16-12(8-19)11-7-17(3,4)23-18(5,6)14(11)24-16/h10,13,21H,7-9,19H2,1-6H3,(H,20,22). The molecule has 136 valence electrons. The Morgan fingerprint density at radius 1 is 1.38 bits per heavy atom. The van der Waals surface area contributed by atoms with Gasteiger partial charge in [0.15, 0.2) is 0 Å². The lowest BCUT2D eigenvalue weighted by Gasteiger charge is -2.41. The molecular weight excluding hydrogens is 324 g/mol. The van der Waals surface area contributed by atoms with Gasteiger partial charge in [-0.2, -0.15) is 0 Å². The molecule has 1 aromatic heterocycles. The van der Waals surface area contributed by atoms with Crippen LogP contribution in [0, 0.1) is 11.8 Å². The predicted octanol–water partition coefficient (Wildman–Crippen LogP) is 3.00. The number of rotatable bonds is 5. The van der Waals surface area contributed by atoms with Gasteiger partial charge in [0.05, 0.1) is 23.7 Å². The molecule has 0 aliphatic carbocycles. The van der Waals surface area contributed by atoms with Gasteiger partial charge in [-0.05, 0) is 39.2 Å². The van der Waals surface area contributed by atoms with Crippen molar-refractivity contribution in [2.24, 2.45) is 17.6 Å². The first-order chi connectivity index (χ1) is 11.0. The van der Waals surface area contributed by atoms with Gasteiger partial charge in [-0.15, -0.1) is 11.3 Å². The first-order valence-corrected chi connectivity index (χ1v) is 9.31. The Kier molecular flexibility index (Phi) is 5.45. The highest BCUT2D eigenvalue weighted by molar-refractivity contribution is 7.16. The lowest BCUT2D eigenvalue weighted by molar-refractivity contribution is -0.136. The van der Waals surface area contributed by atoms with Crippen molar-refractivity contribution >= 4 is 22.2 Å². The largest absolute Gasteiger partial charge is 0.396 e. The lowest BCUT2D eigenvalue weighted by Crippen LogP contribution is -2.41. The second-order valence-electron chi connectivity index (χ2n) is 7.99. The zero-order valence-corrected chi connectivity index (χ0v) is 16.3. The molecule has 6 heteroatoms. The number of aliphatic hydroxyl groups excluding tert-OH is 1. The Balaban J connectivity index is 2.40. The van der Waals surface area contributed by atoms with Gasteiger partial charge in [-0.25, -0.2) is 0 Å². The normalized spacial score (nSPS) is 19.9. The molecule has 0 spiro atoms. The molecule has 1 amide bonds. The molecule has 5 nitrogen and oxygen atoms in total. The minimum Gasteiger partial charge on any atom is -0.396 e. The molecule has 0 radical (unpaired) electrons. The molecule has 1 aliphatic heterocycles. The topological polar surface area (TPSA) is 84.6 Å². The third kappa shape index (κ3) is 3.67. The summed E-state index contributed by atoms with van der Waals surface area (Å²) < 4.78 is 6.23. The fraction of sp³-hybridized carbons (Fsp3) is 0.722. The second-order valence-corrected chi connectivity index (χ2v) is 9.01. The zero-order chi connectivity index (χ0) is 18.3. The molecule has 0 saturated carbocycles. The summed E-state index contributed by atoms with van der Waals surface area (Å²) in [7, 11) is 0. The van der Waals surface area contributed by atoms with E-state index in [4.69, 9.17) is 10.5 Å². The van der Waals surface area contributed by atoms with Gasteiger partial charge >= 0.3 is 0 Å². The molecule has 2 heterocycles. The Labute approximate surface area is 148 Å². The van der Waals surface area contributed by atoms with E-state index in [2.05, 4.69) is 33.0 Å². The predicted molar refractivity (Wildman–Crippen MR) is 98.1 cm³/mol. The van der Waals surface area contributed by atoms with Crippen LogP contribution in [0.1, 0.15) is 57.5 Å². The average Bonchev–Trinajstić information content (AvgIpc) is 2.74. The minimum atomic E-state index is -0.421. The number of nitrogens with two attached hydrogens (primary N) is 1. The molecule has 1 unspecified atom stereocenters. The molecule has 1 aliphatic rings. The van der Waals surface area contributed by atoms with Crippen molar-refractivity contribution in [3.8, 4) is 0 Å². The number of anilines is 1. The van der Waals surface area contributed by atoms with Crippen molar-refractivity contribution in [3.63, 3.8) is 0 Å². The van der Waals surface area contributed by atoms with Crippen molar-refractivity contribution in [2.45, 2.75) is 65.7 Å². The fourth-order valence-corrected chi connectivity index (χ4v) is 4.78. The maximum atomic E-state index is 12.5. The van der Waals surface area contributed by atoms with Gasteiger partial charge in [0.25, 0.3) is 0 Å². The maximum Gasteiger partial charge on any atom is 0.230 e. The van der Waals surface area contributed by atoms with Crippen LogP contribution >= 0.6 is 11.3 Å². The molecule has 1 atom stereocenters. The number of thiophene rings is 1. The number of aliphatic hydroxyl groups is 1. The Bertz CT molecular complexity index is 620. The van der Waals surface area contributed by atoms with E-state index in [1.165, 1.54) is 5.56 Å². The number of carbonyl (C=O) groups excluding carboxylic acids is 1. The van der Waals surface area contributed by atoms with Gasteiger partial charge in [0, 0.05) is 23.4 Å². The van der Waals surface area contributed by atoms with Crippen molar-refractivity contribution < 1.29 is 14.6 Å². The van der Waals surface area contributed by atoms with Crippen LogP contribution in [0.2, 0.25) is 0 Å². The van der Waals surface area contributed by atoms with Gasteiger partial charge in [-0.3, -0.25) is 4.79 Å². The van der Waals surface area contributed by atoms with Crippen LogP contribution in [0.4, 0.5) is 5.00 Å². The lowest BCUT2D eigenvalue weighted by atomic mass is 9.86. The van der Waals surface area contributed by atoms with Crippen LogP contribution in [-0.4, -0.2) is 23.2 Å². The highest BCUT2D eigenvalue weighted by Gasteiger charge is 2.41. The van der Waals surface area contributed by atoms with Crippen molar-refractivity contribution in [1.29, 1.82) is 0 Å². The number of hydrogen-bond acceptors (Lipinski definition) is 5. The molecule has 2 rings (SSSR count). The van der Waals surface area contributed by atoms with E-state index >= 15 is 0 Å². The molecule has 0 bridgehead atoms. The molecular formula is C18H30N2O3S. The van der Waals surface area contributed by atoms with E-state index in [0.717, 1.165) is 21.9 Å². The molecule has 0 saturated heterocycles. The third-order valence-corrected chi connectivity index (χ3v) is 6.07. The summed E-state index contributed by atoms with van der Waals surface area (Å²) in [4.78, 5) is 13.6. The number of amides is 1. The van der Waals surface area contributed by atoms with Gasteiger partial charge in [0.2, 0.25) is 5.91 Å². The summed E-state index contributed by atoms with van der Waals surface area (Å²) in [6.45, 7) is 12.3. The van der Waals surface area contributed by atoms with Gasteiger partial charge in [0.1, 0.15) is 5.00 Å². The number of fused-ring (bicyclic) bond motifs is 1. The SMILES string of the molecule is CC(C)C(CO)C(=O)Nc1sc2c(c1CN)CC(C)(C)OC2(C)C. The summed E-state index contributed by atoms with van der Waals surface area (Å²) in [6.07, 6.45) is 0.776. The van der Waals surface area contributed by atoms with E-state index < -0.39 is 11.5 Å². The van der Waals surface area contributed by atoms with E-state index in [9.17, 15) is 9.90 Å². The van der Waals surface area contributed by atoms with E-state index in [-0.39, 0.29) is 24.0 Å². The average molecular weight is 355 g/mol. The van der Waals surface area contributed by atoms with Gasteiger partial charge in [-0.1, -0.05) is 13.8 Å². The van der Waals surface area contributed by atoms with E-state index in [0.29, 0.717) is 6.54 Å². The first kappa shape index (κ1) is 19.4. The Hall–Kier alpha value is -0.950. The third-order valence-electron chi connectivity index (χ3n) is 4.58. The highest BCUT2D eigenvalue weighted by Crippen LogP contribution is 2.48. The molecule has 0 aromatic carbocycles. The monoisotopic (exact) mass is 354 g/mol. The van der Waals surface area contributed by atoms with Crippen LogP contribution in [0.3, 0.4) is 0 Å². The summed E-state index contributed by atoms with van der Waals surface area (Å²) >= 11 is 1.54. The number of carbonyl (C=O) groups is 1. The number of ether oxygens (including phenoxy) is 1. The Morgan fingerprint density at radius 2 is 2.00 bits per heavy atom. The molecule has 1 aromatic rings. The van der Waals surface area contributed by atoms with Crippen molar-refractivity contribution in [3.05, 3.63) is 16.0 Å². The fourth-order valence-electron chi connectivity index (χ4n) is 3.49. The molecule has 4 N–H and O–H groups in total. The summed E-state index contributed by atoms with van der Waals surface area (Å²) in [5, 5.41) is 13.3. The second kappa shape index (κ2) is 6.75. The Morgan fingerprint density at radius 3 is 2.50 bits per heavy atom. The van der Waals surface area contributed by atoms with E-state index in [1.807, 2.05) is 13.8 Å². The van der Waals surface area contributed by atoms with Crippen LogP contribution in [0.5, 0.6) is 0 Å². The first-order valence-electron chi connectivity index (χ1n) is 8.49. The van der Waals surface area contributed by atoms with Crippen LogP contribution in [0.25, 0.3) is 0 Å². The summed E-state index contributed by atoms with van der Waals surface area (Å²) in [6, 6.07) is 0.